The first-order valence-corrected chi connectivity index (χ1v) is 5.00. The van der Waals surface area contributed by atoms with Crippen LogP contribution in [0.25, 0.3) is 0 Å². The average molecular weight is 216 g/mol. The molecule has 1 heterocycles. The molecular formula is C10H14ClNO2. The van der Waals surface area contributed by atoms with Crippen molar-refractivity contribution in [1.29, 1.82) is 0 Å². The second-order valence-electron chi connectivity index (χ2n) is 3.40. The SMILES string of the molecule is CC(Cl)CC(C)NC(=O)c1ccoc1. The van der Waals surface area contributed by atoms with Crippen LogP contribution in [0.5, 0.6) is 0 Å². The van der Waals surface area contributed by atoms with E-state index in [2.05, 4.69) is 5.32 Å². The lowest BCUT2D eigenvalue weighted by Gasteiger charge is -2.13. The van der Waals surface area contributed by atoms with Crippen LogP contribution in [0.4, 0.5) is 0 Å². The van der Waals surface area contributed by atoms with E-state index in [0.29, 0.717) is 5.56 Å². The summed E-state index contributed by atoms with van der Waals surface area (Å²) >= 11 is 5.81. The standard InChI is InChI=1S/C10H14ClNO2/c1-7(11)5-8(2)12-10(13)9-3-4-14-6-9/h3-4,6-8H,5H2,1-2H3,(H,12,13). The summed E-state index contributed by atoms with van der Waals surface area (Å²) in [6, 6.07) is 1.71. The Bertz CT molecular complexity index is 282. The van der Waals surface area contributed by atoms with Gasteiger partial charge in [-0.1, -0.05) is 0 Å². The minimum atomic E-state index is -0.122. The maximum atomic E-state index is 11.5. The smallest absolute Gasteiger partial charge is 0.254 e. The molecule has 0 bridgehead atoms. The van der Waals surface area contributed by atoms with Crippen molar-refractivity contribution in [2.24, 2.45) is 0 Å². The molecule has 1 aromatic rings. The highest BCUT2D eigenvalue weighted by Crippen LogP contribution is 2.06. The number of carbonyl (C=O) groups excluding carboxylic acids is 1. The number of amides is 1. The van der Waals surface area contributed by atoms with Crippen molar-refractivity contribution in [2.75, 3.05) is 0 Å². The van der Waals surface area contributed by atoms with Crippen LogP contribution in [0.3, 0.4) is 0 Å². The molecular weight excluding hydrogens is 202 g/mol. The fourth-order valence-electron chi connectivity index (χ4n) is 1.25. The number of alkyl halides is 1. The Hall–Kier alpha value is -0.960. The van der Waals surface area contributed by atoms with Crippen LogP contribution in [0.15, 0.2) is 23.0 Å². The Morgan fingerprint density at radius 1 is 1.64 bits per heavy atom. The molecule has 0 aromatic carbocycles. The second kappa shape index (κ2) is 5.05. The molecule has 1 amide bonds. The van der Waals surface area contributed by atoms with Gasteiger partial charge in [-0.05, 0) is 26.3 Å². The van der Waals surface area contributed by atoms with Crippen molar-refractivity contribution in [3.05, 3.63) is 24.2 Å². The zero-order chi connectivity index (χ0) is 10.6. The Kier molecular flexibility index (Phi) is 4.01. The van der Waals surface area contributed by atoms with E-state index < -0.39 is 0 Å². The van der Waals surface area contributed by atoms with E-state index in [4.69, 9.17) is 16.0 Å². The third kappa shape index (κ3) is 3.42. The van der Waals surface area contributed by atoms with Crippen molar-refractivity contribution in [1.82, 2.24) is 5.32 Å². The third-order valence-electron chi connectivity index (χ3n) is 1.84. The van der Waals surface area contributed by atoms with Crippen LogP contribution in [0, 0.1) is 0 Å². The molecule has 2 unspecified atom stereocenters. The minimum Gasteiger partial charge on any atom is -0.472 e. The van der Waals surface area contributed by atoms with Crippen molar-refractivity contribution in [3.63, 3.8) is 0 Å². The maximum Gasteiger partial charge on any atom is 0.254 e. The molecule has 0 fully saturated rings. The number of carbonyl (C=O) groups is 1. The van der Waals surface area contributed by atoms with Crippen LogP contribution in [0.1, 0.15) is 30.6 Å². The molecule has 0 aliphatic heterocycles. The Morgan fingerprint density at radius 2 is 2.36 bits per heavy atom. The van der Waals surface area contributed by atoms with Gasteiger partial charge in [0.25, 0.3) is 5.91 Å². The van der Waals surface area contributed by atoms with Gasteiger partial charge in [-0.15, -0.1) is 11.6 Å². The highest BCUT2D eigenvalue weighted by Gasteiger charge is 2.11. The second-order valence-corrected chi connectivity index (χ2v) is 4.15. The fraction of sp³-hybridized carbons (Fsp3) is 0.500. The van der Waals surface area contributed by atoms with Gasteiger partial charge in [0.2, 0.25) is 0 Å². The lowest BCUT2D eigenvalue weighted by atomic mass is 10.2. The van der Waals surface area contributed by atoms with Gasteiger partial charge in [0, 0.05) is 11.4 Å². The van der Waals surface area contributed by atoms with Gasteiger partial charge in [0.15, 0.2) is 0 Å². The van der Waals surface area contributed by atoms with Crippen LogP contribution in [0.2, 0.25) is 0 Å². The largest absolute Gasteiger partial charge is 0.472 e. The van der Waals surface area contributed by atoms with Gasteiger partial charge in [-0.25, -0.2) is 0 Å². The summed E-state index contributed by atoms with van der Waals surface area (Å²) in [7, 11) is 0. The summed E-state index contributed by atoms with van der Waals surface area (Å²) in [6.45, 7) is 3.83. The third-order valence-corrected chi connectivity index (χ3v) is 2.02. The van der Waals surface area contributed by atoms with Crippen LogP contribution in [-0.2, 0) is 0 Å². The molecule has 0 saturated heterocycles. The van der Waals surface area contributed by atoms with Crippen molar-refractivity contribution >= 4 is 17.5 Å². The number of hydrogen-bond acceptors (Lipinski definition) is 2. The molecule has 0 radical (unpaired) electrons. The highest BCUT2D eigenvalue weighted by molar-refractivity contribution is 6.20. The Morgan fingerprint density at radius 3 is 2.86 bits per heavy atom. The van der Waals surface area contributed by atoms with Crippen molar-refractivity contribution in [3.8, 4) is 0 Å². The lowest BCUT2D eigenvalue weighted by molar-refractivity contribution is 0.0938. The summed E-state index contributed by atoms with van der Waals surface area (Å²) in [6.07, 6.45) is 3.65. The van der Waals surface area contributed by atoms with E-state index in [9.17, 15) is 4.79 Å². The van der Waals surface area contributed by atoms with Crippen LogP contribution in [-0.4, -0.2) is 17.3 Å². The summed E-state index contributed by atoms with van der Waals surface area (Å²) in [5.41, 5.74) is 0.541. The zero-order valence-electron chi connectivity index (χ0n) is 8.29. The first kappa shape index (κ1) is 11.1. The van der Waals surface area contributed by atoms with Gasteiger partial charge in [-0.3, -0.25) is 4.79 Å². The molecule has 0 aliphatic rings. The average Bonchev–Trinajstić information content (AvgIpc) is 2.53. The van der Waals surface area contributed by atoms with E-state index in [0.717, 1.165) is 6.42 Å². The number of halogens is 1. The topological polar surface area (TPSA) is 42.2 Å². The van der Waals surface area contributed by atoms with Crippen LogP contribution < -0.4 is 5.32 Å². The predicted octanol–water partition coefficient (Wildman–Crippen LogP) is 2.42. The summed E-state index contributed by atoms with van der Waals surface area (Å²) in [5, 5.41) is 2.89. The van der Waals surface area contributed by atoms with E-state index in [1.165, 1.54) is 12.5 Å². The highest BCUT2D eigenvalue weighted by atomic mass is 35.5. The minimum absolute atomic E-state index is 0.0645. The lowest BCUT2D eigenvalue weighted by Crippen LogP contribution is -2.33. The fourth-order valence-corrected chi connectivity index (χ4v) is 1.51. The van der Waals surface area contributed by atoms with Gasteiger partial charge in [-0.2, -0.15) is 0 Å². The van der Waals surface area contributed by atoms with Gasteiger partial charge >= 0.3 is 0 Å². The van der Waals surface area contributed by atoms with Gasteiger partial charge < -0.3 is 9.73 Å². The summed E-state index contributed by atoms with van der Waals surface area (Å²) < 4.78 is 4.81. The monoisotopic (exact) mass is 215 g/mol. The number of rotatable bonds is 4. The molecule has 0 saturated carbocycles. The van der Waals surface area contributed by atoms with Crippen LogP contribution >= 0.6 is 11.6 Å². The zero-order valence-corrected chi connectivity index (χ0v) is 9.04. The quantitative estimate of drug-likeness (QED) is 0.784. The summed E-state index contributed by atoms with van der Waals surface area (Å²) in [5.74, 6) is -0.122. The molecule has 78 valence electrons. The number of nitrogens with one attached hydrogen (secondary N) is 1. The van der Waals surface area contributed by atoms with Crippen molar-refractivity contribution < 1.29 is 9.21 Å². The molecule has 0 spiro atoms. The molecule has 1 aromatic heterocycles. The van der Waals surface area contributed by atoms with Gasteiger partial charge in [0.1, 0.15) is 6.26 Å². The normalized spacial score (nSPS) is 14.8. The molecule has 2 atom stereocenters. The molecule has 1 N–H and O–H groups in total. The summed E-state index contributed by atoms with van der Waals surface area (Å²) in [4.78, 5) is 11.5. The Labute approximate surface area is 88.4 Å². The van der Waals surface area contributed by atoms with E-state index in [1.54, 1.807) is 6.07 Å². The molecule has 4 heteroatoms. The van der Waals surface area contributed by atoms with E-state index >= 15 is 0 Å². The number of hydrogen-bond donors (Lipinski definition) is 1. The predicted molar refractivity (Wildman–Crippen MR) is 55.6 cm³/mol. The molecule has 1 rings (SSSR count). The van der Waals surface area contributed by atoms with E-state index in [1.807, 2.05) is 13.8 Å². The van der Waals surface area contributed by atoms with Gasteiger partial charge in [0.05, 0.1) is 11.8 Å². The Balaban J connectivity index is 2.41. The van der Waals surface area contributed by atoms with Crippen molar-refractivity contribution in [2.45, 2.75) is 31.7 Å². The first-order valence-electron chi connectivity index (χ1n) is 4.56. The number of furan rings is 1. The molecule has 14 heavy (non-hydrogen) atoms. The first-order chi connectivity index (χ1) is 6.59. The molecule has 0 aliphatic carbocycles. The maximum absolute atomic E-state index is 11.5. The van der Waals surface area contributed by atoms with E-state index in [-0.39, 0.29) is 17.3 Å². The molecule has 3 nitrogen and oxygen atoms in total.